The van der Waals surface area contributed by atoms with Crippen molar-refractivity contribution in [2.45, 2.75) is 45.1 Å². The fraction of sp³-hybridized carbons (Fsp3) is 0.435. The van der Waals surface area contributed by atoms with Gasteiger partial charge in [0.05, 0.1) is 0 Å². The third-order valence-electron chi connectivity index (χ3n) is 6.03. The van der Waals surface area contributed by atoms with Crippen LogP contribution >= 0.6 is 0 Å². The standard InChI is InChI=1S/C23H27N5O/c29-21-11-6-18-16-24-23(26-22(18)28(21)15-12-17-4-5-17)25-19-7-9-20(10-8-19)27-13-2-1-3-14-27/h6-11,16-17H,1-5,12-15H2,(H,24,25,26). The van der Waals surface area contributed by atoms with E-state index in [-0.39, 0.29) is 5.56 Å². The molecule has 6 heteroatoms. The van der Waals surface area contributed by atoms with E-state index in [2.05, 4.69) is 44.5 Å². The molecule has 150 valence electrons. The number of aromatic nitrogens is 3. The van der Waals surface area contributed by atoms with E-state index in [1.165, 1.54) is 37.8 Å². The monoisotopic (exact) mass is 389 g/mol. The second-order valence-electron chi connectivity index (χ2n) is 8.25. The molecule has 0 unspecified atom stereocenters. The summed E-state index contributed by atoms with van der Waals surface area (Å²) in [6, 6.07) is 11.9. The summed E-state index contributed by atoms with van der Waals surface area (Å²) in [4.78, 5) is 24.0. The highest BCUT2D eigenvalue weighted by atomic mass is 16.1. The predicted molar refractivity (Wildman–Crippen MR) is 117 cm³/mol. The van der Waals surface area contributed by atoms with Crippen LogP contribution in [0.25, 0.3) is 11.0 Å². The maximum absolute atomic E-state index is 12.4. The minimum atomic E-state index is 0.00804. The lowest BCUT2D eigenvalue weighted by molar-refractivity contribution is 0.578. The van der Waals surface area contributed by atoms with Crippen LogP contribution < -0.4 is 15.8 Å². The molecule has 1 aliphatic carbocycles. The van der Waals surface area contributed by atoms with Crippen LogP contribution in [0.3, 0.4) is 0 Å². The molecule has 1 saturated carbocycles. The van der Waals surface area contributed by atoms with Crippen molar-refractivity contribution >= 4 is 28.4 Å². The maximum atomic E-state index is 12.4. The van der Waals surface area contributed by atoms with Crippen LogP contribution in [-0.4, -0.2) is 27.6 Å². The molecule has 1 aromatic carbocycles. The first kappa shape index (κ1) is 18.2. The number of hydrogen-bond donors (Lipinski definition) is 1. The zero-order valence-corrected chi connectivity index (χ0v) is 16.7. The average molecular weight is 390 g/mol. The second-order valence-corrected chi connectivity index (χ2v) is 8.25. The summed E-state index contributed by atoms with van der Waals surface area (Å²) < 4.78 is 1.79. The van der Waals surface area contributed by atoms with E-state index in [0.29, 0.717) is 11.6 Å². The highest BCUT2D eigenvalue weighted by Gasteiger charge is 2.21. The Hall–Kier alpha value is -2.89. The molecule has 3 aromatic rings. The van der Waals surface area contributed by atoms with Crippen LogP contribution in [0.5, 0.6) is 0 Å². The van der Waals surface area contributed by atoms with Crippen LogP contribution in [-0.2, 0) is 6.54 Å². The van der Waals surface area contributed by atoms with Crippen molar-refractivity contribution in [3.05, 3.63) is 52.9 Å². The Balaban J connectivity index is 1.37. The fourth-order valence-corrected chi connectivity index (χ4v) is 4.10. The van der Waals surface area contributed by atoms with Crippen molar-refractivity contribution in [3.63, 3.8) is 0 Å². The van der Waals surface area contributed by atoms with Crippen molar-refractivity contribution in [1.82, 2.24) is 14.5 Å². The number of rotatable bonds is 6. The van der Waals surface area contributed by atoms with Crippen LogP contribution in [0.15, 0.2) is 47.4 Å². The Kier molecular flexibility index (Phi) is 4.92. The molecule has 0 spiro atoms. The summed E-state index contributed by atoms with van der Waals surface area (Å²) in [5, 5.41) is 4.19. The minimum Gasteiger partial charge on any atom is -0.372 e. The van der Waals surface area contributed by atoms with Crippen LogP contribution in [0.4, 0.5) is 17.3 Å². The third kappa shape index (κ3) is 4.11. The Bertz CT molecular complexity index is 1050. The Morgan fingerprint density at radius 1 is 1.00 bits per heavy atom. The molecular weight excluding hydrogens is 362 g/mol. The first-order valence-corrected chi connectivity index (χ1v) is 10.7. The van der Waals surface area contributed by atoms with Crippen LogP contribution in [0, 0.1) is 5.92 Å². The van der Waals surface area contributed by atoms with E-state index < -0.39 is 0 Å². The normalized spacial score (nSPS) is 16.9. The van der Waals surface area contributed by atoms with E-state index in [9.17, 15) is 4.79 Å². The number of benzene rings is 1. The summed E-state index contributed by atoms with van der Waals surface area (Å²) in [5.41, 5.74) is 2.94. The van der Waals surface area contributed by atoms with E-state index in [1.807, 2.05) is 6.07 Å². The van der Waals surface area contributed by atoms with E-state index in [1.54, 1.807) is 16.8 Å². The van der Waals surface area contributed by atoms with E-state index in [4.69, 9.17) is 0 Å². The molecule has 5 rings (SSSR count). The second kappa shape index (κ2) is 7.85. The van der Waals surface area contributed by atoms with Gasteiger partial charge in [0.2, 0.25) is 5.95 Å². The summed E-state index contributed by atoms with van der Waals surface area (Å²) in [6.45, 7) is 3.00. The zero-order valence-electron chi connectivity index (χ0n) is 16.7. The van der Waals surface area contributed by atoms with Crippen molar-refractivity contribution in [1.29, 1.82) is 0 Å². The van der Waals surface area contributed by atoms with E-state index >= 15 is 0 Å². The van der Waals surface area contributed by atoms with Gasteiger partial charge in [-0.1, -0.05) is 12.8 Å². The van der Waals surface area contributed by atoms with Gasteiger partial charge >= 0.3 is 0 Å². The number of nitrogens with one attached hydrogen (secondary N) is 1. The van der Waals surface area contributed by atoms with Gasteiger partial charge in [-0.15, -0.1) is 0 Å². The quantitative estimate of drug-likeness (QED) is 0.680. The lowest BCUT2D eigenvalue weighted by atomic mass is 10.1. The number of fused-ring (bicyclic) bond motifs is 1. The molecule has 0 bridgehead atoms. The predicted octanol–water partition coefficient (Wildman–Crippen LogP) is 4.33. The van der Waals surface area contributed by atoms with Gasteiger partial charge in [-0.25, -0.2) is 4.98 Å². The number of anilines is 3. The summed E-state index contributed by atoms with van der Waals surface area (Å²) in [7, 11) is 0. The van der Waals surface area contributed by atoms with Crippen molar-refractivity contribution in [2.24, 2.45) is 5.92 Å². The molecule has 1 saturated heterocycles. The van der Waals surface area contributed by atoms with Gasteiger partial charge in [0, 0.05) is 48.7 Å². The molecule has 0 radical (unpaired) electrons. The van der Waals surface area contributed by atoms with Gasteiger partial charge in [-0.05, 0) is 61.9 Å². The van der Waals surface area contributed by atoms with Gasteiger partial charge in [0.15, 0.2) is 0 Å². The zero-order chi connectivity index (χ0) is 19.6. The number of pyridine rings is 1. The summed E-state index contributed by atoms with van der Waals surface area (Å²) in [5.74, 6) is 1.30. The lowest BCUT2D eigenvalue weighted by Gasteiger charge is -2.28. The van der Waals surface area contributed by atoms with Gasteiger partial charge in [0.25, 0.3) is 5.56 Å². The third-order valence-corrected chi connectivity index (χ3v) is 6.03. The molecule has 6 nitrogen and oxygen atoms in total. The van der Waals surface area contributed by atoms with Gasteiger partial charge in [0.1, 0.15) is 5.65 Å². The summed E-state index contributed by atoms with van der Waals surface area (Å²) >= 11 is 0. The number of nitrogens with zero attached hydrogens (tertiary/aromatic N) is 4. The Morgan fingerprint density at radius 2 is 1.79 bits per heavy atom. The van der Waals surface area contributed by atoms with Crippen molar-refractivity contribution < 1.29 is 0 Å². The van der Waals surface area contributed by atoms with Crippen molar-refractivity contribution in [3.8, 4) is 0 Å². The molecule has 0 amide bonds. The first-order valence-electron chi connectivity index (χ1n) is 10.7. The maximum Gasteiger partial charge on any atom is 0.252 e. The van der Waals surface area contributed by atoms with Gasteiger partial charge < -0.3 is 10.2 Å². The van der Waals surface area contributed by atoms with E-state index in [0.717, 1.165) is 43.0 Å². The molecular formula is C23H27N5O. The van der Waals surface area contributed by atoms with Gasteiger partial charge in [-0.2, -0.15) is 4.98 Å². The van der Waals surface area contributed by atoms with Crippen LogP contribution in [0.1, 0.15) is 38.5 Å². The highest BCUT2D eigenvalue weighted by Crippen LogP contribution is 2.32. The number of hydrogen-bond acceptors (Lipinski definition) is 5. The minimum absolute atomic E-state index is 0.00804. The Morgan fingerprint density at radius 3 is 2.55 bits per heavy atom. The van der Waals surface area contributed by atoms with Crippen LogP contribution in [0.2, 0.25) is 0 Å². The molecule has 2 aliphatic rings. The number of aryl methyl sites for hydroxylation is 1. The topological polar surface area (TPSA) is 63.1 Å². The average Bonchev–Trinajstić information content (AvgIpc) is 3.59. The number of piperidine rings is 1. The molecule has 2 fully saturated rings. The Labute approximate surface area is 170 Å². The molecule has 29 heavy (non-hydrogen) atoms. The molecule has 1 aliphatic heterocycles. The van der Waals surface area contributed by atoms with Crippen molar-refractivity contribution in [2.75, 3.05) is 23.3 Å². The molecule has 2 aromatic heterocycles. The first-order chi connectivity index (χ1) is 14.3. The fourth-order valence-electron chi connectivity index (χ4n) is 4.10. The lowest BCUT2D eigenvalue weighted by Crippen LogP contribution is -2.29. The summed E-state index contributed by atoms with van der Waals surface area (Å²) in [6.07, 6.45) is 9.29. The molecule has 3 heterocycles. The van der Waals surface area contributed by atoms with Gasteiger partial charge in [-0.3, -0.25) is 9.36 Å². The highest BCUT2D eigenvalue weighted by molar-refractivity contribution is 5.75. The smallest absolute Gasteiger partial charge is 0.252 e. The molecule has 0 atom stereocenters. The SMILES string of the molecule is O=c1ccc2cnc(Nc3ccc(N4CCCCC4)cc3)nc2n1CCC1CC1. The largest absolute Gasteiger partial charge is 0.372 e. The molecule has 1 N–H and O–H groups in total.